The summed E-state index contributed by atoms with van der Waals surface area (Å²) in [6.45, 7) is 6.72. The van der Waals surface area contributed by atoms with Crippen molar-refractivity contribution in [2.45, 2.75) is 26.3 Å². The minimum absolute atomic E-state index is 0.0901. The number of anilines is 1. The monoisotopic (exact) mass is 438 g/mol. The Morgan fingerprint density at radius 2 is 1.55 bits per heavy atom. The van der Waals surface area contributed by atoms with Crippen LogP contribution in [0.15, 0.2) is 76.5 Å². The number of nitrogens with zero attached hydrogens (tertiary/aromatic N) is 1. The normalized spacial score (nSPS) is 18.4. The van der Waals surface area contributed by atoms with Gasteiger partial charge in [0.25, 0.3) is 0 Å². The summed E-state index contributed by atoms with van der Waals surface area (Å²) in [6.07, 6.45) is 2.39. The van der Waals surface area contributed by atoms with E-state index in [1.54, 1.807) is 0 Å². The highest BCUT2D eigenvalue weighted by Gasteiger charge is 2.38. The first-order valence-corrected chi connectivity index (χ1v) is 12.6. The quantitative estimate of drug-likeness (QED) is 0.240. The van der Waals surface area contributed by atoms with Crippen LogP contribution in [0.25, 0.3) is 33.5 Å². The number of nitrogens with one attached hydrogen (secondary N) is 1. The van der Waals surface area contributed by atoms with Gasteiger partial charge in [0.05, 0.1) is 16.6 Å². The van der Waals surface area contributed by atoms with Crippen LogP contribution in [0.3, 0.4) is 0 Å². The number of allylic oxidation sites excluding steroid dienone is 1. The van der Waals surface area contributed by atoms with Crippen LogP contribution < -0.4 is 5.32 Å². The largest absolute Gasteiger partial charge is 0.375 e. The van der Waals surface area contributed by atoms with Crippen LogP contribution in [-0.2, 0) is 0 Å². The van der Waals surface area contributed by atoms with Crippen molar-refractivity contribution in [2.75, 3.05) is 5.32 Å². The van der Waals surface area contributed by atoms with Gasteiger partial charge < -0.3 is 5.32 Å². The van der Waals surface area contributed by atoms with Crippen molar-refractivity contribution in [3.63, 3.8) is 0 Å². The predicted molar refractivity (Wildman–Crippen MR) is 138 cm³/mol. The highest BCUT2D eigenvalue weighted by molar-refractivity contribution is 8.80. The third kappa shape index (κ3) is 3.00. The fraction of sp³-hybridized carbons (Fsp3) is 0.148. The third-order valence-electron chi connectivity index (χ3n) is 6.05. The number of benzene rings is 3. The Morgan fingerprint density at radius 3 is 2.26 bits per heavy atom. The molecular formula is C27H22N2S2. The maximum atomic E-state index is 4.90. The Balaban J connectivity index is 1.65. The van der Waals surface area contributed by atoms with E-state index in [0.717, 1.165) is 11.0 Å². The van der Waals surface area contributed by atoms with E-state index >= 15 is 0 Å². The zero-order valence-electron chi connectivity index (χ0n) is 17.7. The van der Waals surface area contributed by atoms with Crippen LogP contribution in [0.2, 0.25) is 0 Å². The van der Waals surface area contributed by atoms with Crippen LogP contribution in [0.5, 0.6) is 0 Å². The number of aromatic nitrogens is 1. The molecule has 0 spiro atoms. The summed E-state index contributed by atoms with van der Waals surface area (Å²) < 4.78 is 0. The van der Waals surface area contributed by atoms with Crippen molar-refractivity contribution in [2.24, 2.45) is 0 Å². The molecule has 3 heterocycles. The van der Waals surface area contributed by atoms with Crippen LogP contribution in [-0.4, -0.2) is 10.5 Å². The average Bonchev–Trinajstić information content (AvgIpc) is 3.19. The molecule has 1 N–H and O–H groups in total. The van der Waals surface area contributed by atoms with Gasteiger partial charge in [0.15, 0.2) is 0 Å². The van der Waals surface area contributed by atoms with Crippen LogP contribution in [0.1, 0.15) is 30.5 Å². The van der Waals surface area contributed by atoms with Crippen molar-refractivity contribution < 1.29 is 0 Å². The second-order valence-electron chi connectivity index (χ2n) is 8.74. The molecule has 1 aromatic heterocycles. The fourth-order valence-electron chi connectivity index (χ4n) is 4.58. The highest BCUT2D eigenvalue weighted by Crippen LogP contribution is 2.61. The predicted octanol–water partition coefficient (Wildman–Crippen LogP) is 8.05. The summed E-state index contributed by atoms with van der Waals surface area (Å²) in [5.74, 6) is 0. The summed E-state index contributed by atoms with van der Waals surface area (Å²) in [6, 6.07) is 23.7. The Kier molecular flexibility index (Phi) is 4.24. The van der Waals surface area contributed by atoms with E-state index in [2.05, 4.69) is 98.9 Å². The Hall–Kier alpha value is -2.69. The van der Waals surface area contributed by atoms with Gasteiger partial charge in [-0.3, -0.25) is 0 Å². The number of hydrogen-bond acceptors (Lipinski definition) is 4. The maximum Gasteiger partial charge on any atom is 0.0715 e. The molecule has 4 aromatic rings. The Morgan fingerprint density at radius 1 is 0.871 bits per heavy atom. The van der Waals surface area contributed by atoms with E-state index in [-0.39, 0.29) is 5.54 Å². The fourth-order valence-corrected chi connectivity index (χ4v) is 7.63. The molecule has 4 heteroatoms. The lowest BCUT2D eigenvalue weighted by Gasteiger charge is -2.35. The number of rotatable bonds is 1. The van der Waals surface area contributed by atoms with Crippen LogP contribution >= 0.6 is 21.6 Å². The molecule has 0 bridgehead atoms. The lowest BCUT2D eigenvalue weighted by molar-refractivity contribution is 0.698. The summed E-state index contributed by atoms with van der Waals surface area (Å²) >= 11 is 0. The van der Waals surface area contributed by atoms with Gasteiger partial charge in [-0.15, -0.1) is 0 Å². The minimum Gasteiger partial charge on any atom is -0.375 e. The first-order valence-electron chi connectivity index (χ1n) is 10.5. The molecule has 152 valence electrons. The molecule has 0 fully saturated rings. The minimum atomic E-state index is -0.0901. The average molecular weight is 439 g/mol. The Labute approximate surface area is 190 Å². The smallest absolute Gasteiger partial charge is 0.0715 e. The molecular weight excluding hydrogens is 416 g/mol. The molecule has 2 nitrogen and oxygen atoms in total. The van der Waals surface area contributed by atoms with Gasteiger partial charge in [-0.1, -0.05) is 69.6 Å². The van der Waals surface area contributed by atoms with E-state index in [4.69, 9.17) is 4.98 Å². The van der Waals surface area contributed by atoms with Gasteiger partial charge >= 0.3 is 0 Å². The summed E-state index contributed by atoms with van der Waals surface area (Å²) in [7, 11) is 3.77. The maximum absolute atomic E-state index is 4.90. The number of hydrogen-bond donors (Lipinski definition) is 1. The van der Waals surface area contributed by atoms with Crippen LogP contribution in [0, 0.1) is 6.92 Å². The molecule has 0 saturated heterocycles. The van der Waals surface area contributed by atoms with Gasteiger partial charge in [0.2, 0.25) is 0 Å². The molecule has 0 amide bonds. The highest BCUT2D eigenvalue weighted by atomic mass is 33.1. The first-order chi connectivity index (χ1) is 15.0. The summed E-state index contributed by atoms with van der Waals surface area (Å²) in [5, 5.41) is 6.15. The molecule has 0 atom stereocenters. The molecule has 0 unspecified atom stereocenters. The van der Waals surface area contributed by atoms with Gasteiger partial charge in [-0.25, -0.2) is 4.98 Å². The van der Waals surface area contributed by atoms with Crippen molar-refractivity contribution in [3.05, 3.63) is 93.2 Å². The van der Waals surface area contributed by atoms with Gasteiger partial charge in [0, 0.05) is 37.4 Å². The zero-order chi connectivity index (χ0) is 21.2. The summed E-state index contributed by atoms with van der Waals surface area (Å²) in [4.78, 5) is 7.63. The number of fused-ring (bicyclic) bond motifs is 4. The molecule has 3 aromatic carbocycles. The lowest BCUT2D eigenvalue weighted by atomic mass is 9.88. The zero-order valence-corrected chi connectivity index (χ0v) is 19.3. The van der Waals surface area contributed by atoms with Crippen molar-refractivity contribution in [1.82, 2.24) is 4.98 Å². The number of para-hydroxylation sites is 2. The van der Waals surface area contributed by atoms with E-state index in [1.807, 2.05) is 21.6 Å². The molecule has 0 aliphatic carbocycles. The lowest BCUT2D eigenvalue weighted by Crippen LogP contribution is -2.35. The van der Waals surface area contributed by atoms with E-state index in [0.29, 0.717) is 0 Å². The molecule has 2 aliphatic heterocycles. The SMILES string of the molecule is Cc1ccc2c(c1)C1=C(SS/C1=C/c1c3ccccc3nc3ccccc13)C(C)(C)N2. The molecule has 2 aliphatic rings. The van der Waals surface area contributed by atoms with Crippen molar-refractivity contribution >= 4 is 60.7 Å². The van der Waals surface area contributed by atoms with Crippen molar-refractivity contribution in [1.29, 1.82) is 0 Å². The third-order valence-corrected chi connectivity index (χ3v) is 8.81. The van der Waals surface area contributed by atoms with Gasteiger partial charge in [-0.05, 0) is 56.7 Å². The summed E-state index contributed by atoms with van der Waals surface area (Å²) in [5.41, 5.74) is 8.43. The molecule has 6 rings (SSSR count). The molecule has 0 radical (unpaired) electrons. The molecule has 0 saturated carbocycles. The first kappa shape index (κ1) is 19.0. The Bertz CT molecular complexity index is 1390. The molecule has 31 heavy (non-hydrogen) atoms. The van der Waals surface area contributed by atoms with E-state index < -0.39 is 0 Å². The van der Waals surface area contributed by atoms with E-state index in [9.17, 15) is 0 Å². The number of pyridine rings is 1. The van der Waals surface area contributed by atoms with E-state index in [1.165, 1.54) is 48.5 Å². The van der Waals surface area contributed by atoms with Crippen LogP contribution in [0.4, 0.5) is 5.69 Å². The second-order valence-corrected chi connectivity index (χ2v) is 10.9. The second kappa shape index (κ2) is 6.91. The van der Waals surface area contributed by atoms with Gasteiger partial charge in [0.1, 0.15) is 0 Å². The van der Waals surface area contributed by atoms with Gasteiger partial charge in [-0.2, -0.15) is 0 Å². The number of aryl methyl sites for hydroxylation is 1. The topological polar surface area (TPSA) is 24.9 Å². The standard InChI is InChI=1S/C27H22N2S2/c1-16-12-13-23-20(14-16)25-24(30-31-26(25)27(2,3)29-23)15-19-17-8-4-6-10-21(17)28-22-11-7-5-9-18(19)22/h4-15,29H,1-3H3/b24-15+. The van der Waals surface area contributed by atoms with Crippen molar-refractivity contribution in [3.8, 4) is 0 Å².